The summed E-state index contributed by atoms with van der Waals surface area (Å²) in [6.07, 6.45) is 3.74. The molecule has 1 saturated carbocycles. The van der Waals surface area contributed by atoms with E-state index < -0.39 is 0 Å². The Labute approximate surface area is 110 Å². The fraction of sp³-hybridized carbons (Fsp3) is 0.538. The molecule has 1 atom stereocenters. The topological polar surface area (TPSA) is 44.5 Å². The van der Waals surface area contributed by atoms with Crippen molar-refractivity contribution in [1.82, 2.24) is 0 Å². The van der Waals surface area contributed by atoms with Gasteiger partial charge >= 0.3 is 0 Å². The number of benzene rings is 1. The third kappa shape index (κ3) is 2.43. The minimum absolute atomic E-state index is 0.0830. The Bertz CT molecular complexity index is 379. The maximum absolute atomic E-state index is 6.27. The fourth-order valence-electron chi connectivity index (χ4n) is 2.15. The zero-order valence-electron chi connectivity index (χ0n) is 10.2. The van der Waals surface area contributed by atoms with Crippen LogP contribution in [0.2, 0.25) is 0 Å². The van der Waals surface area contributed by atoms with Crippen molar-refractivity contribution in [3.63, 3.8) is 0 Å². The van der Waals surface area contributed by atoms with E-state index in [0.717, 1.165) is 21.5 Å². The van der Waals surface area contributed by atoms with E-state index in [0.29, 0.717) is 5.92 Å². The summed E-state index contributed by atoms with van der Waals surface area (Å²) in [6, 6.07) is 4.07. The van der Waals surface area contributed by atoms with Crippen LogP contribution in [0.25, 0.3) is 0 Å². The monoisotopic (exact) mass is 299 g/mol. The Kier molecular flexibility index (Phi) is 3.94. The van der Waals surface area contributed by atoms with Gasteiger partial charge in [0.25, 0.3) is 0 Å². The normalized spacial score (nSPS) is 17.4. The maximum Gasteiger partial charge on any atom is 0.137 e. The summed E-state index contributed by atoms with van der Waals surface area (Å²) in [5.74, 6) is 2.15. The third-order valence-corrected chi connectivity index (χ3v) is 4.29. The number of hydrogen-bond donors (Lipinski definition) is 1. The highest BCUT2D eigenvalue weighted by Gasteiger charge is 2.26. The van der Waals surface area contributed by atoms with Gasteiger partial charge in [0.1, 0.15) is 16.0 Å². The average molecular weight is 300 g/mol. The fourth-order valence-corrected chi connectivity index (χ4v) is 2.71. The largest absolute Gasteiger partial charge is 0.495 e. The van der Waals surface area contributed by atoms with E-state index >= 15 is 0 Å². The van der Waals surface area contributed by atoms with Crippen molar-refractivity contribution in [2.45, 2.75) is 25.3 Å². The van der Waals surface area contributed by atoms with Crippen molar-refractivity contribution in [2.75, 3.05) is 14.2 Å². The van der Waals surface area contributed by atoms with Gasteiger partial charge < -0.3 is 15.2 Å². The van der Waals surface area contributed by atoms with Crippen molar-refractivity contribution in [2.24, 2.45) is 11.7 Å². The lowest BCUT2D eigenvalue weighted by molar-refractivity contribution is 0.263. The van der Waals surface area contributed by atoms with E-state index in [1.54, 1.807) is 14.2 Å². The predicted octanol–water partition coefficient (Wildman–Crippen LogP) is 3.27. The van der Waals surface area contributed by atoms with Crippen LogP contribution in [-0.4, -0.2) is 14.2 Å². The van der Waals surface area contributed by atoms with Crippen molar-refractivity contribution in [3.05, 3.63) is 22.2 Å². The Balaban J connectivity index is 2.32. The number of nitrogens with two attached hydrogens (primary N) is 1. The number of rotatable bonds is 4. The van der Waals surface area contributed by atoms with Gasteiger partial charge in [0, 0.05) is 6.04 Å². The number of halogens is 1. The van der Waals surface area contributed by atoms with Gasteiger partial charge in [-0.2, -0.15) is 0 Å². The van der Waals surface area contributed by atoms with E-state index in [2.05, 4.69) is 15.9 Å². The highest BCUT2D eigenvalue weighted by atomic mass is 79.9. The molecule has 17 heavy (non-hydrogen) atoms. The van der Waals surface area contributed by atoms with E-state index in [1.807, 2.05) is 12.1 Å². The van der Waals surface area contributed by atoms with E-state index in [-0.39, 0.29) is 6.04 Å². The Morgan fingerprint density at radius 3 is 2.12 bits per heavy atom. The van der Waals surface area contributed by atoms with Crippen LogP contribution in [0.4, 0.5) is 0 Å². The molecule has 4 heteroatoms. The first-order valence-electron chi connectivity index (χ1n) is 5.84. The minimum atomic E-state index is 0.0830. The predicted molar refractivity (Wildman–Crippen MR) is 71.5 cm³/mol. The molecule has 1 fully saturated rings. The molecule has 1 aromatic carbocycles. The van der Waals surface area contributed by atoms with Gasteiger partial charge in [-0.25, -0.2) is 0 Å². The average Bonchev–Trinajstić information content (AvgIpc) is 2.27. The second-order valence-corrected chi connectivity index (χ2v) is 5.25. The van der Waals surface area contributed by atoms with Gasteiger partial charge in [0.2, 0.25) is 0 Å². The molecule has 0 radical (unpaired) electrons. The maximum atomic E-state index is 6.27. The lowest BCUT2D eigenvalue weighted by Crippen LogP contribution is -2.26. The first kappa shape index (κ1) is 12.7. The van der Waals surface area contributed by atoms with E-state index in [1.165, 1.54) is 19.3 Å². The molecule has 0 bridgehead atoms. The summed E-state index contributed by atoms with van der Waals surface area (Å²) in [4.78, 5) is 0. The summed E-state index contributed by atoms with van der Waals surface area (Å²) < 4.78 is 11.5. The molecule has 0 unspecified atom stereocenters. The zero-order valence-corrected chi connectivity index (χ0v) is 11.8. The molecule has 1 aliphatic rings. The lowest BCUT2D eigenvalue weighted by Gasteiger charge is -2.31. The highest BCUT2D eigenvalue weighted by molar-refractivity contribution is 9.10. The molecule has 94 valence electrons. The summed E-state index contributed by atoms with van der Waals surface area (Å²) >= 11 is 3.46. The quantitative estimate of drug-likeness (QED) is 0.928. The first-order chi connectivity index (χ1) is 8.17. The van der Waals surface area contributed by atoms with Crippen molar-refractivity contribution < 1.29 is 9.47 Å². The van der Waals surface area contributed by atoms with Gasteiger partial charge in [-0.3, -0.25) is 0 Å². The van der Waals surface area contributed by atoms with Crippen LogP contribution in [0.1, 0.15) is 30.9 Å². The summed E-state index contributed by atoms with van der Waals surface area (Å²) in [5, 5.41) is 0. The van der Waals surface area contributed by atoms with Crippen LogP contribution in [0.15, 0.2) is 16.6 Å². The SMILES string of the molecule is COc1cc([C@@H](N)C2CCC2)cc(OC)c1Br. The number of methoxy groups -OCH3 is 2. The van der Waals surface area contributed by atoms with Gasteiger partial charge in [-0.1, -0.05) is 6.42 Å². The molecule has 1 aromatic rings. The molecule has 0 aliphatic heterocycles. The second kappa shape index (κ2) is 5.27. The Morgan fingerprint density at radius 1 is 1.24 bits per heavy atom. The van der Waals surface area contributed by atoms with Crippen LogP contribution in [-0.2, 0) is 0 Å². The first-order valence-corrected chi connectivity index (χ1v) is 6.63. The summed E-state index contributed by atoms with van der Waals surface area (Å²) in [6.45, 7) is 0. The second-order valence-electron chi connectivity index (χ2n) is 4.46. The molecule has 0 saturated heterocycles. The summed E-state index contributed by atoms with van der Waals surface area (Å²) in [7, 11) is 3.30. The van der Waals surface area contributed by atoms with Gasteiger partial charge in [0.15, 0.2) is 0 Å². The number of hydrogen-bond acceptors (Lipinski definition) is 3. The van der Waals surface area contributed by atoms with Crippen LogP contribution in [0.5, 0.6) is 11.5 Å². The van der Waals surface area contributed by atoms with Crippen molar-refractivity contribution in [3.8, 4) is 11.5 Å². The molecular weight excluding hydrogens is 282 g/mol. The van der Waals surface area contributed by atoms with Crippen LogP contribution >= 0.6 is 15.9 Å². The van der Waals surface area contributed by atoms with Gasteiger partial charge in [-0.05, 0) is 52.4 Å². The van der Waals surface area contributed by atoms with Gasteiger partial charge in [0.05, 0.1) is 14.2 Å². The molecule has 2 N–H and O–H groups in total. The molecule has 0 heterocycles. The molecule has 0 spiro atoms. The molecule has 2 rings (SSSR count). The highest BCUT2D eigenvalue weighted by Crippen LogP contribution is 2.41. The molecule has 0 aromatic heterocycles. The van der Waals surface area contributed by atoms with E-state index in [9.17, 15) is 0 Å². The zero-order chi connectivity index (χ0) is 12.4. The Hall–Kier alpha value is -0.740. The molecule has 1 aliphatic carbocycles. The van der Waals surface area contributed by atoms with Crippen LogP contribution < -0.4 is 15.2 Å². The lowest BCUT2D eigenvalue weighted by atomic mass is 9.77. The van der Waals surface area contributed by atoms with Crippen molar-refractivity contribution >= 4 is 15.9 Å². The van der Waals surface area contributed by atoms with Crippen LogP contribution in [0, 0.1) is 5.92 Å². The smallest absolute Gasteiger partial charge is 0.137 e. The minimum Gasteiger partial charge on any atom is -0.495 e. The third-order valence-electron chi connectivity index (χ3n) is 3.51. The Morgan fingerprint density at radius 2 is 1.76 bits per heavy atom. The van der Waals surface area contributed by atoms with Gasteiger partial charge in [-0.15, -0.1) is 0 Å². The van der Waals surface area contributed by atoms with Crippen LogP contribution in [0.3, 0.4) is 0 Å². The number of ether oxygens (including phenoxy) is 2. The molecule has 3 nitrogen and oxygen atoms in total. The van der Waals surface area contributed by atoms with Crippen molar-refractivity contribution in [1.29, 1.82) is 0 Å². The molecule has 0 amide bonds. The standard InChI is InChI=1S/C13H18BrNO2/c1-16-10-6-9(7-11(17-2)12(10)14)13(15)8-4-3-5-8/h6-8,13H,3-5,15H2,1-2H3/t13-/m0/s1. The summed E-state index contributed by atoms with van der Waals surface area (Å²) in [5.41, 5.74) is 7.36. The molecular formula is C13H18BrNO2. The van der Waals surface area contributed by atoms with E-state index in [4.69, 9.17) is 15.2 Å².